The van der Waals surface area contributed by atoms with Crippen LogP contribution in [0.2, 0.25) is 0 Å². The van der Waals surface area contributed by atoms with E-state index in [-0.39, 0.29) is 30.7 Å². The Morgan fingerprint density at radius 1 is 1.00 bits per heavy atom. The summed E-state index contributed by atoms with van der Waals surface area (Å²) in [6.07, 6.45) is -0.255. The molecule has 2 atom stereocenters. The van der Waals surface area contributed by atoms with E-state index < -0.39 is 40.4 Å². The zero-order chi connectivity index (χ0) is 31.0. The molecule has 0 bridgehead atoms. The number of Topliss-reactive ketones (excluding diaryl/α,β-unsaturated/α-hetero) is 1. The van der Waals surface area contributed by atoms with Gasteiger partial charge in [0.1, 0.15) is 23.0 Å². The molecule has 0 aliphatic heterocycles. The van der Waals surface area contributed by atoms with Crippen molar-refractivity contribution < 1.29 is 33.4 Å². The number of carbonyl (C=O) groups is 4. The Hall–Kier alpha value is -2.46. The number of ether oxygens (including phenoxy) is 3. The molecule has 1 aliphatic carbocycles. The van der Waals surface area contributed by atoms with Gasteiger partial charge in [0.2, 0.25) is 0 Å². The molecular formula is C30H42Cl2N2O7. The van der Waals surface area contributed by atoms with E-state index >= 15 is 0 Å². The molecule has 0 saturated carbocycles. The van der Waals surface area contributed by atoms with Gasteiger partial charge < -0.3 is 24.4 Å². The van der Waals surface area contributed by atoms with Gasteiger partial charge in [0.15, 0.2) is 11.6 Å². The van der Waals surface area contributed by atoms with Crippen molar-refractivity contribution in [3.05, 3.63) is 35.9 Å². The van der Waals surface area contributed by atoms with Gasteiger partial charge >= 0.3 is 11.9 Å². The summed E-state index contributed by atoms with van der Waals surface area (Å²) in [7, 11) is 1.34. The Morgan fingerprint density at radius 3 is 2.10 bits per heavy atom. The predicted molar refractivity (Wildman–Crippen MR) is 160 cm³/mol. The van der Waals surface area contributed by atoms with E-state index in [2.05, 4.69) is 5.32 Å². The molecule has 0 amide bonds. The van der Waals surface area contributed by atoms with E-state index in [1.807, 2.05) is 17.0 Å². The number of alkyl halides is 2. The Morgan fingerprint density at radius 2 is 1.59 bits per heavy atom. The van der Waals surface area contributed by atoms with Crippen molar-refractivity contribution >= 4 is 52.4 Å². The lowest BCUT2D eigenvalue weighted by Gasteiger charge is -2.50. The molecule has 2 rings (SSSR count). The van der Waals surface area contributed by atoms with Gasteiger partial charge in [0.05, 0.1) is 12.8 Å². The van der Waals surface area contributed by atoms with Gasteiger partial charge in [-0.1, -0.05) is 13.8 Å². The zero-order valence-electron chi connectivity index (χ0n) is 25.0. The minimum Gasteiger partial charge on any atom is -0.460 e. The molecule has 1 aromatic carbocycles. The van der Waals surface area contributed by atoms with Crippen LogP contribution in [0, 0.1) is 5.41 Å². The summed E-state index contributed by atoms with van der Waals surface area (Å²) in [6.45, 7) is 11.5. The summed E-state index contributed by atoms with van der Waals surface area (Å²) in [5, 5.41) is 3.13. The van der Waals surface area contributed by atoms with Crippen molar-refractivity contribution in [1.82, 2.24) is 5.32 Å². The number of anilines is 1. The number of hydrogen-bond acceptors (Lipinski definition) is 9. The highest BCUT2D eigenvalue weighted by Gasteiger charge is 2.60. The molecule has 41 heavy (non-hydrogen) atoms. The maximum absolute atomic E-state index is 13.7. The van der Waals surface area contributed by atoms with E-state index in [1.165, 1.54) is 13.2 Å². The molecule has 0 saturated heterocycles. The molecule has 2 unspecified atom stereocenters. The molecule has 0 heterocycles. The van der Waals surface area contributed by atoms with Crippen LogP contribution in [0.3, 0.4) is 0 Å². The standard InChI is InChI=1S/C30H42Cl2N2O7/c1-20-18-23(35)30(27(39-7)26(20)38,33-15-12-24(36)41-28(2,3)4)29(5,6)19-25(37)40-22-10-8-21(9-11-22)34(16-13-31)17-14-32/h8-11,18,27,33H,12-17,19H2,1-7H3. The highest BCUT2D eigenvalue weighted by atomic mass is 35.5. The summed E-state index contributed by atoms with van der Waals surface area (Å²) in [5.74, 6) is -0.673. The quantitative estimate of drug-likeness (QED) is 0.185. The van der Waals surface area contributed by atoms with Crippen molar-refractivity contribution in [1.29, 1.82) is 0 Å². The molecule has 11 heteroatoms. The van der Waals surface area contributed by atoms with Gasteiger partial charge in [-0.2, -0.15) is 0 Å². The summed E-state index contributed by atoms with van der Waals surface area (Å²) >= 11 is 11.8. The summed E-state index contributed by atoms with van der Waals surface area (Å²) in [6, 6.07) is 6.96. The number of benzene rings is 1. The fraction of sp³-hybridized carbons (Fsp3) is 0.600. The summed E-state index contributed by atoms with van der Waals surface area (Å²) in [5.41, 5.74) is -2.36. The van der Waals surface area contributed by atoms with Crippen molar-refractivity contribution in [2.75, 3.05) is 43.4 Å². The smallest absolute Gasteiger partial charge is 0.311 e. The van der Waals surface area contributed by atoms with Crippen molar-refractivity contribution in [3.63, 3.8) is 0 Å². The lowest BCUT2D eigenvalue weighted by molar-refractivity contribution is -0.157. The second kappa shape index (κ2) is 14.6. The van der Waals surface area contributed by atoms with Gasteiger partial charge in [-0.05, 0) is 63.6 Å². The fourth-order valence-corrected chi connectivity index (χ4v) is 5.43. The molecule has 0 spiro atoms. The number of esters is 2. The highest BCUT2D eigenvalue weighted by molar-refractivity contribution is 6.18. The van der Waals surface area contributed by atoms with Crippen LogP contribution in [0.25, 0.3) is 0 Å². The lowest BCUT2D eigenvalue weighted by Crippen LogP contribution is -2.72. The first-order chi connectivity index (χ1) is 19.1. The normalized spacial score (nSPS) is 19.5. The maximum Gasteiger partial charge on any atom is 0.311 e. The average Bonchev–Trinajstić information content (AvgIpc) is 2.86. The SMILES string of the molecule is COC1C(=O)C(C)=CC(=O)C1(NCCC(=O)OC(C)(C)C)C(C)(C)CC(=O)Oc1ccc(N(CCCl)CCCl)cc1. The van der Waals surface area contributed by atoms with Gasteiger partial charge in [-0.15, -0.1) is 23.2 Å². The maximum atomic E-state index is 13.7. The fourth-order valence-electron chi connectivity index (χ4n) is 5.03. The van der Waals surface area contributed by atoms with Crippen molar-refractivity contribution in [2.45, 2.75) is 71.6 Å². The van der Waals surface area contributed by atoms with Crippen LogP contribution in [0.4, 0.5) is 5.69 Å². The number of carbonyl (C=O) groups excluding carboxylic acids is 4. The number of methoxy groups -OCH3 is 1. The number of nitrogens with zero attached hydrogens (tertiary/aromatic N) is 1. The third-order valence-corrected chi connectivity index (χ3v) is 7.28. The first kappa shape index (κ1) is 34.7. The third kappa shape index (κ3) is 8.77. The van der Waals surface area contributed by atoms with Crippen LogP contribution in [0.5, 0.6) is 5.75 Å². The summed E-state index contributed by atoms with van der Waals surface area (Å²) < 4.78 is 16.6. The average molecular weight is 614 g/mol. The largest absolute Gasteiger partial charge is 0.460 e. The predicted octanol–water partition coefficient (Wildman–Crippen LogP) is 4.47. The van der Waals surface area contributed by atoms with E-state index in [0.29, 0.717) is 30.6 Å². The Balaban J connectivity index is 2.30. The Bertz CT molecular complexity index is 1120. The monoisotopic (exact) mass is 612 g/mol. The molecular weight excluding hydrogens is 571 g/mol. The minimum absolute atomic E-state index is 0.0156. The van der Waals surface area contributed by atoms with Crippen LogP contribution < -0.4 is 15.0 Å². The van der Waals surface area contributed by atoms with E-state index in [1.54, 1.807) is 53.7 Å². The number of rotatable bonds is 14. The highest BCUT2D eigenvalue weighted by Crippen LogP contribution is 2.43. The Labute approximate surface area is 252 Å². The van der Waals surface area contributed by atoms with Crippen molar-refractivity contribution in [3.8, 4) is 5.75 Å². The second-order valence-electron chi connectivity index (χ2n) is 11.6. The zero-order valence-corrected chi connectivity index (χ0v) is 26.5. The van der Waals surface area contributed by atoms with Crippen molar-refractivity contribution in [2.24, 2.45) is 5.41 Å². The molecule has 1 N–H and O–H groups in total. The first-order valence-electron chi connectivity index (χ1n) is 13.6. The van der Waals surface area contributed by atoms with Crippen LogP contribution >= 0.6 is 23.2 Å². The molecule has 1 aromatic rings. The summed E-state index contributed by atoms with van der Waals surface area (Å²) in [4.78, 5) is 54.5. The molecule has 228 valence electrons. The van der Waals surface area contributed by atoms with E-state index in [9.17, 15) is 19.2 Å². The van der Waals surface area contributed by atoms with E-state index in [4.69, 9.17) is 37.4 Å². The number of halogens is 2. The molecule has 0 fully saturated rings. The number of ketones is 2. The molecule has 0 aromatic heterocycles. The lowest BCUT2D eigenvalue weighted by atomic mass is 9.61. The van der Waals surface area contributed by atoms with Crippen LogP contribution in [-0.4, -0.2) is 79.3 Å². The van der Waals surface area contributed by atoms with Crippen LogP contribution in [0.1, 0.15) is 54.4 Å². The van der Waals surface area contributed by atoms with Gasteiger partial charge in [0.25, 0.3) is 0 Å². The third-order valence-electron chi connectivity index (χ3n) is 6.94. The second-order valence-corrected chi connectivity index (χ2v) is 12.4. The molecule has 0 radical (unpaired) electrons. The Kier molecular flexibility index (Phi) is 12.4. The van der Waals surface area contributed by atoms with Gasteiger partial charge in [-0.3, -0.25) is 19.2 Å². The van der Waals surface area contributed by atoms with Crippen LogP contribution in [0.15, 0.2) is 35.9 Å². The van der Waals surface area contributed by atoms with E-state index in [0.717, 1.165) is 5.69 Å². The minimum atomic E-state index is -1.65. The topological polar surface area (TPSA) is 111 Å². The first-order valence-corrected chi connectivity index (χ1v) is 14.6. The molecule has 9 nitrogen and oxygen atoms in total. The molecule has 1 aliphatic rings. The number of hydrogen-bond donors (Lipinski definition) is 1. The van der Waals surface area contributed by atoms with Gasteiger partial charge in [0, 0.05) is 49.6 Å². The van der Waals surface area contributed by atoms with Gasteiger partial charge in [-0.25, -0.2) is 0 Å². The number of nitrogens with one attached hydrogen (secondary N) is 1. The van der Waals surface area contributed by atoms with Crippen LogP contribution in [-0.2, 0) is 28.7 Å².